The van der Waals surface area contributed by atoms with Crippen molar-refractivity contribution in [3.8, 4) is 0 Å². The molecule has 6 heteroatoms. The number of hydrogen-bond acceptors (Lipinski definition) is 3. The van der Waals surface area contributed by atoms with Crippen LogP contribution in [-0.4, -0.2) is 60.2 Å². The highest BCUT2D eigenvalue weighted by molar-refractivity contribution is 14.0. The van der Waals surface area contributed by atoms with Crippen LogP contribution in [0.25, 0.3) is 0 Å². The van der Waals surface area contributed by atoms with Gasteiger partial charge in [-0.1, -0.05) is 13.8 Å². The quantitative estimate of drug-likeness (QED) is 0.376. The molecular weight excluding hydrogens is 421 g/mol. The van der Waals surface area contributed by atoms with Crippen molar-refractivity contribution in [1.29, 1.82) is 0 Å². The second-order valence-electron chi connectivity index (χ2n) is 8.12. The fourth-order valence-corrected chi connectivity index (χ4v) is 5.56. The summed E-state index contributed by atoms with van der Waals surface area (Å²) in [5.41, 5.74) is 0.196. The number of fused-ring (bicyclic) bond motifs is 1. The van der Waals surface area contributed by atoms with Crippen molar-refractivity contribution >= 4 is 41.7 Å². The third-order valence-electron chi connectivity index (χ3n) is 5.55. The van der Waals surface area contributed by atoms with Gasteiger partial charge in [-0.25, -0.2) is 0 Å². The van der Waals surface area contributed by atoms with Crippen LogP contribution in [-0.2, 0) is 4.74 Å². The van der Waals surface area contributed by atoms with Crippen molar-refractivity contribution in [3.63, 3.8) is 0 Å². The van der Waals surface area contributed by atoms with Crippen LogP contribution in [0, 0.1) is 11.3 Å². The van der Waals surface area contributed by atoms with E-state index >= 15 is 0 Å². The van der Waals surface area contributed by atoms with E-state index in [2.05, 4.69) is 54.7 Å². The predicted molar refractivity (Wildman–Crippen MR) is 110 cm³/mol. The molecule has 1 saturated carbocycles. The van der Waals surface area contributed by atoms with Crippen LogP contribution < -0.4 is 5.32 Å². The summed E-state index contributed by atoms with van der Waals surface area (Å²) in [7, 11) is 1.91. The van der Waals surface area contributed by atoms with Crippen LogP contribution in [0.4, 0.5) is 0 Å². The number of thioether (sulfide) groups is 1. The molecule has 0 spiro atoms. The Kier molecular flexibility index (Phi) is 6.21. The minimum atomic E-state index is 0. The lowest BCUT2D eigenvalue weighted by Gasteiger charge is -2.60. The Morgan fingerprint density at radius 1 is 1.30 bits per heavy atom. The van der Waals surface area contributed by atoms with Gasteiger partial charge in [0, 0.05) is 54.6 Å². The lowest BCUT2D eigenvalue weighted by atomic mass is 9.55. The first-order valence-electron chi connectivity index (χ1n) is 8.59. The maximum Gasteiger partial charge on any atom is 0.193 e. The van der Waals surface area contributed by atoms with E-state index in [-0.39, 0.29) is 29.4 Å². The first-order valence-corrected chi connectivity index (χ1v) is 9.57. The average molecular weight is 453 g/mol. The third kappa shape index (κ3) is 3.78. The number of halogens is 1. The molecule has 2 heterocycles. The highest BCUT2D eigenvalue weighted by Crippen LogP contribution is 2.51. The lowest BCUT2D eigenvalue weighted by molar-refractivity contribution is -0.188. The Balaban J connectivity index is 0.00000192. The summed E-state index contributed by atoms with van der Waals surface area (Å²) in [6, 6.07) is 0.481. The Morgan fingerprint density at radius 3 is 2.70 bits per heavy atom. The molecule has 0 aromatic rings. The van der Waals surface area contributed by atoms with Gasteiger partial charge in [-0.15, -0.1) is 24.0 Å². The summed E-state index contributed by atoms with van der Waals surface area (Å²) in [5.74, 6) is 2.90. The van der Waals surface area contributed by atoms with Gasteiger partial charge in [0.05, 0.1) is 6.10 Å². The van der Waals surface area contributed by atoms with Crippen molar-refractivity contribution in [2.45, 2.75) is 57.4 Å². The molecule has 4 nitrogen and oxygen atoms in total. The molecule has 134 valence electrons. The molecule has 0 radical (unpaired) electrons. The molecule has 3 unspecified atom stereocenters. The molecule has 1 aliphatic carbocycles. The molecule has 3 aliphatic rings. The molecule has 2 saturated heterocycles. The number of rotatable bonds is 1. The molecule has 0 amide bonds. The van der Waals surface area contributed by atoms with Crippen molar-refractivity contribution in [2.75, 3.05) is 32.5 Å². The zero-order chi connectivity index (χ0) is 16.0. The van der Waals surface area contributed by atoms with E-state index in [0.717, 1.165) is 25.7 Å². The molecule has 0 bridgehead atoms. The Hall–Kier alpha value is 0.310. The summed E-state index contributed by atoms with van der Waals surface area (Å²) < 4.78 is 6.33. The van der Waals surface area contributed by atoms with Gasteiger partial charge in [-0.3, -0.25) is 4.99 Å². The Labute approximate surface area is 162 Å². The molecule has 23 heavy (non-hydrogen) atoms. The standard InChI is InChI=1S/C17H31N3OS.HI/c1-16(2)11-20(8-10-22-16)15(18-5)19-13-12-7-6-9-21-14(12)17(13,3)4;/h12-14H,6-11H2,1-5H3,(H,18,19);1H. The molecule has 0 aromatic carbocycles. The van der Waals surface area contributed by atoms with Crippen LogP contribution in [0.5, 0.6) is 0 Å². The molecule has 0 aromatic heterocycles. The van der Waals surface area contributed by atoms with Crippen molar-refractivity contribution in [1.82, 2.24) is 10.2 Å². The van der Waals surface area contributed by atoms with Gasteiger partial charge in [0.2, 0.25) is 0 Å². The van der Waals surface area contributed by atoms with Gasteiger partial charge in [0.1, 0.15) is 0 Å². The highest BCUT2D eigenvalue weighted by Gasteiger charge is 2.58. The maximum atomic E-state index is 6.02. The van der Waals surface area contributed by atoms with E-state index in [9.17, 15) is 0 Å². The van der Waals surface area contributed by atoms with E-state index < -0.39 is 0 Å². The predicted octanol–water partition coefficient (Wildman–Crippen LogP) is 3.21. The van der Waals surface area contributed by atoms with E-state index in [1.807, 2.05) is 7.05 Å². The number of ether oxygens (including phenoxy) is 1. The minimum absolute atomic E-state index is 0. The van der Waals surface area contributed by atoms with Crippen molar-refractivity contribution in [2.24, 2.45) is 16.3 Å². The normalized spacial score (nSPS) is 35.6. The lowest BCUT2D eigenvalue weighted by Crippen LogP contribution is -2.71. The van der Waals surface area contributed by atoms with Gasteiger partial charge >= 0.3 is 0 Å². The van der Waals surface area contributed by atoms with Gasteiger partial charge in [-0.2, -0.15) is 11.8 Å². The molecule has 3 fully saturated rings. The Morgan fingerprint density at radius 2 is 2.04 bits per heavy atom. The van der Waals surface area contributed by atoms with Crippen molar-refractivity contribution in [3.05, 3.63) is 0 Å². The number of hydrogen-bond donors (Lipinski definition) is 1. The number of nitrogens with one attached hydrogen (secondary N) is 1. The highest BCUT2D eigenvalue weighted by atomic mass is 127. The van der Waals surface area contributed by atoms with Crippen LogP contribution in [0.3, 0.4) is 0 Å². The maximum absolute atomic E-state index is 6.02. The summed E-state index contributed by atoms with van der Waals surface area (Å²) in [6.07, 6.45) is 2.90. The summed E-state index contributed by atoms with van der Waals surface area (Å²) in [5, 5.41) is 3.79. The smallest absolute Gasteiger partial charge is 0.193 e. The molecule has 3 rings (SSSR count). The first-order chi connectivity index (χ1) is 10.3. The molecule has 3 atom stereocenters. The van der Waals surface area contributed by atoms with Crippen molar-refractivity contribution < 1.29 is 4.74 Å². The van der Waals surface area contributed by atoms with E-state index in [1.54, 1.807) is 0 Å². The zero-order valence-electron chi connectivity index (χ0n) is 15.1. The third-order valence-corrected chi connectivity index (χ3v) is 6.85. The van der Waals surface area contributed by atoms with Crippen LogP contribution in [0.2, 0.25) is 0 Å². The monoisotopic (exact) mass is 453 g/mol. The van der Waals surface area contributed by atoms with Crippen LogP contribution in [0.1, 0.15) is 40.5 Å². The minimum Gasteiger partial charge on any atom is -0.377 e. The largest absolute Gasteiger partial charge is 0.377 e. The summed E-state index contributed by atoms with van der Waals surface area (Å²) in [6.45, 7) is 12.4. The van der Waals surface area contributed by atoms with Gasteiger partial charge < -0.3 is 15.0 Å². The molecular formula is C17H32IN3OS. The van der Waals surface area contributed by atoms with E-state index in [1.165, 1.54) is 18.6 Å². The van der Waals surface area contributed by atoms with Gasteiger partial charge in [-0.05, 0) is 26.7 Å². The first kappa shape index (κ1) is 19.6. The van der Waals surface area contributed by atoms with Gasteiger partial charge in [0.25, 0.3) is 0 Å². The number of aliphatic imine (C=N–C) groups is 1. The van der Waals surface area contributed by atoms with E-state index in [0.29, 0.717) is 22.8 Å². The number of guanidine groups is 1. The fraction of sp³-hybridized carbons (Fsp3) is 0.941. The molecule has 1 N–H and O–H groups in total. The average Bonchev–Trinajstić information content (AvgIpc) is 2.47. The summed E-state index contributed by atoms with van der Waals surface area (Å²) >= 11 is 2.06. The van der Waals surface area contributed by atoms with E-state index in [4.69, 9.17) is 4.74 Å². The van der Waals surface area contributed by atoms with Crippen LogP contribution in [0.15, 0.2) is 4.99 Å². The second-order valence-corrected chi connectivity index (χ2v) is 9.92. The topological polar surface area (TPSA) is 36.9 Å². The van der Waals surface area contributed by atoms with Gasteiger partial charge in [0.15, 0.2) is 5.96 Å². The van der Waals surface area contributed by atoms with Crippen LogP contribution >= 0.6 is 35.7 Å². The second kappa shape index (κ2) is 7.28. The summed E-state index contributed by atoms with van der Waals surface area (Å²) in [4.78, 5) is 7.02. The Bertz CT molecular complexity index is 455. The SMILES string of the molecule is CN=C(NC1C2CCCOC2C1(C)C)N1CCSC(C)(C)C1.I. The number of nitrogens with zero attached hydrogens (tertiary/aromatic N) is 2. The fourth-order valence-electron chi connectivity index (χ4n) is 4.45. The molecule has 2 aliphatic heterocycles. The zero-order valence-corrected chi connectivity index (χ0v) is 18.2.